The average Bonchev–Trinajstić information content (AvgIpc) is 2.39. The van der Waals surface area contributed by atoms with E-state index in [0.717, 1.165) is 11.3 Å². The van der Waals surface area contributed by atoms with Gasteiger partial charge in [-0.1, -0.05) is 12.1 Å². The van der Waals surface area contributed by atoms with E-state index in [4.69, 9.17) is 9.84 Å². The smallest absolute Gasteiger partial charge is 0.341 e. The quantitative estimate of drug-likeness (QED) is 0.833. The maximum absolute atomic E-state index is 10.9. The van der Waals surface area contributed by atoms with Gasteiger partial charge in [-0.3, -0.25) is 0 Å². The average molecular weight is 244 g/mol. The van der Waals surface area contributed by atoms with Crippen LogP contribution in [-0.4, -0.2) is 18.2 Å². The summed E-state index contributed by atoms with van der Waals surface area (Å²) in [7, 11) is 1.62. The lowest BCUT2D eigenvalue weighted by molar-refractivity contribution is -0.688. The molecule has 0 unspecified atom stereocenters. The van der Waals surface area contributed by atoms with Crippen molar-refractivity contribution < 1.29 is 19.2 Å². The number of benzene rings is 1. The van der Waals surface area contributed by atoms with Crippen LogP contribution in [0.1, 0.15) is 15.9 Å². The van der Waals surface area contributed by atoms with Crippen molar-refractivity contribution in [3.05, 3.63) is 59.9 Å². The number of ether oxygens (including phenoxy) is 1. The normalized spacial score (nSPS) is 10.1. The Hall–Kier alpha value is -2.36. The molecule has 0 atom stereocenters. The Morgan fingerprint density at radius 3 is 2.89 bits per heavy atom. The summed E-state index contributed by atoms with van der Waals surface area (Å²) in [5.74, 6) is -0.127. The fourth-order valence-corrected chi connectivity index (χ4v) is 1.73. The molecular weight excluding hydrogens is 230 g/mol. The molecule has 0 spiro atoms. The highest BCUT2D eigenvalue weighted by Crippen LogP contribution is 2.12. The van der Waals surface area contributed by atoms with Gasteiger partial charge in [0, 0.05) is 11.6 Å². The fourth-order valence-electron chi connectivity index (χ4n) is 1.73. The Kier molecular flexibility index (Phi) is 3.57. The number of hydrogen-bond donors (Lipinski definition) is 1. The number of hydrogen-bond acceptors (Lipinski definition) is 2. The lowest BCUT2D eigenvalue weighted by Gasteiger charge is -2.02. The van der Waals surface area contributed by atoms with Crippen LogP contribution in [0.25, 0.3) is 0 Å². The molecule has 0 saturated carbocycles. The number of rotatable bonds is 4. The van der Waals surface area contributed by atoms with Crippen molar-refractivity contribution in [2.45, 2.75) is 6.54 Å². The van der Waals surface area contributed by atoms with Gasteiger partial charge in [-0.05, 0) is 18.2 Å². The van der Waals surface area contributed by atoms with Crippen LogP contribution < -0.4 is 9.30 Å². The van der Waals surface area contributed by atoms with E-state index in [1.54, 1.807) is 25.4 Å². The number of carbonyl (C=O) groups is 1. The zero-order valence-electron chi connectivity index (χ0n) is 10.0. The predicted molar refractivity (Wildman–Crippen MR) is 65.7 cm³/mol. The van der Waals surface area contributed by atoms with Crippen molar-refractivity contribution in [2.75, 3.05) is 7.11 Å². The van der Waals surface area contributed by atoms with Gasteiger partial charge in [-0.2, -0.15) is 4.57 Å². The van der Waals surface area contributed by atoms with E-state index in [2.05, 4.69) is 0 Å². The van der Waals surface area contributed by atoms with Gasteiger partial charge in [-0.25, -0.2) is 4.79 Å². The lowest BCUT2D eigenvalue weighted by atomic mass is 10.2. The molecule has 0 aliphatic rings. The fraction of sp³-hybridized carbons (Fsp3) is 0.143. The van der Waals surface area contributed by atoms with Gasteiger partial charge in [0.1, 0.15) is 11.3 Å². The molecule has 0 aliphatic heterocycles. The Morgan fingerprint density at radius 1 is 1.33 bits per heavy atom. The minimum absolute atomic E-state index is 0.278. The second kappa shape index (κ2) is 5.31. The second-order valence-electron chi connectivity index (χ2n) is 3.92. The molecule has 0 fully saturated rings. The number of methoxy groups -OCH3 is 1. The highest BCUT2D eigenvalue weighted by Gasteiger charge is 2.09. The van der Waals surface area contributed by atoms with Gasteiger partial charge < -0.3 is 9.84 Å². The first-order chi connectivity index (χ1) is 8.69. The third-order valence-electron chi connectivity index (χ3n) is 2.60. The van der Waals surface area contributed by atoms with Crippen molar-refractivity contribution >= 4 is 5.97 Å². The first-order valence-corrected chi connectivity index (χ1v) is 5.54. The monoisotopic (exact) mass is 244 g/mol. The molecular formula is C14H14NO3+. The van der Waals surface area contributed by atoms with Gasteiger partial charge in [0.2, 0.25) is 0 Å². The largest absolute Gasteiger partial charge is 0.497 e. The van der Waals surface area contributed by atoms with E-state index in [1.165, 1.54) is 0 Å². The van der Waals surface area contributed by atoms with Crippen molar-refractivity contribution in [1.29, 1.82) is 0 Å². The lowest BCUT2D eigenvalue weighted by Crippen LogP contribution is -2.34. The topological polar surface area (TPSA) is 50.4 Å². The molecule has 4 nitrogen and oxygen atoms in total. The van der Waals surface area contributed by atoms with Gasteiger partial charge in [0.25, 0.3) is 0 Å². The predicted octanol–water partition coefficient (Wildman–Crippen LogP) is 1.73. The van der Waals surface area contributed by atoms with E-state index in [0.29, 0.717) is 6.54 Å². The van der Waals surface area contributed by atoms with E-state index >= 15 is 0 Å². The maximum atomic E-state index is 10.9. The Balaban J connectivity index is 2.22. The first-order valence-electron chi connectivity index (χ1n) is 5.54. The zero-order valence-corrected chi connectivity index (χ0v) is 10.0. The Labute approximate surface area is 105 Å². The van der Waals surface area contributed by atoms with Crippen LogP contribution >= 0.6 is 0 Å². The van der Waals surface area contributed by atoms with Crippen LogP contribution in [0.3, 0.4) is 0 Å². The summed E-state index contributed by atoms with van der Waals surface area (Å²) < 4.78 is 6.98. The molecule has 92 valence electrons. The molecule has 1 N–H and O–H groups in total. The summed E-state index contributed by atoms with van der Waals surface area (Å²) >= 11 is 0. The van der Waals surface area contributed by atoms with Crippen molar-refractivity contribution in [3.63, 3.8) is 0 Å². The van der Waals surface area contributed by atoms with Gasteiger partial charge >= 0.3 is 5.97 Å². The van der Waals surface area contributed by atoms with Gasteiger partial charge in [0.15, 0.2) is 18.9 Å². The minimum Gasteiger partial charge on any atom is -0.497 e. The first kappa shape index (κ1) is 12.1. The molecule has 1 aromatic carbocycles. The molecule has 0 bridgehead atoms. The third-order valence-corrected chi connectivity index (χ3v) is 2.60. The summed E-state index contributed by atoms with van der Waals surface area (Å²) in [5, 5.41) is 8.92. The number of aromatic carboxylic acids is 1. The van der Waals surface area contributed by atoms with Crippen LogP contribution in [0.2, 0.25) is 0 Å². The molecule has 0 amide bonds. The van der Waals surface area contributed by atoms with Crippen molar-refractivity contribution in [3.8, 4) is 5.75 Å². The number of carboxylic acids is 1. The highest BCUT2D eigenvalue weighted by molar-refractivity contribution is 5.86. The number of carboxylic acid groups (broad SMARTS) is 1. The van der Waals surface area contributed by atoms with Crippen LogP contribution in [0.15, 0.2) is 48.8 Å². The Bertz CT molecular complexity index is 566. The summed E-state index contributed by atoms with van der Waals surface area (Å²) in [6, 6.07) is 11.0. The third kappa shape index (κ3) is 2.85. The molecule has 0 aliphatic carbocycles. The van der Waals surface area contributed by atoms with Crippen LogP contribution in [0.5, 0.6) is 5.75 Å². The molecule has 2 aromatic rings. The standard InChI is InChI=1S/C14H13NO3/c1-18-13-6-2-4-11(8-13)9-15-7-3-5-12(10-15)14(16)17/h2-8,10H,9H2,1H3/p+1. The second-order valence-corrected chi connectivity index (χ2v) is 3.92. The maximum Gasteiger partial charge on any atom is 0.341 e. The number of pyridine rings is 1. The number of nitrogens with zero attached hydrogens (tertiary/aromatic N) is 1. The van der Waals surface area contributed by atoms with Crippen molar-refractivity contribution in [1.82, 2.24) is 0 Å². The van der Waals surface area contributed by atoms with Crippen LogP contribution in [-0.2, 0) is 6.54 Å². The number of aromatic nitrogens is 1. The van der Waals surface area contributed by atoms with E-state index in [9.17, 15) is 4.79 Å². The summed E-state index contributed by atoms with van der Waals surface area (Å²) in [6.45, 7) is 0.609. The van der Waals surface area contributed by atoms with Crippen LogP contribution in [0.4, 0.5) is 0 Å². The molecule has 0 saturated heterocycles. The highest BCUT2D eigenvalue weighted by atomic mass is 16.5. The molecule has 1 heterocycles. The van der Waals surface area contributed by atoms with E-state index in [1.807, 2.05) is 35.0 Å². The Morgan fingerprint density at radius 2 is 2.17 bits per heavy atom. The van der Waals surface area contributed by atoms with E-state index < -0.39 is 5.97 Å². The molecule has 0 radical (unpaired) electrons. The molecule has 4 heteroatoms. The summed E-state index contributed by atoms with van der Waals surface area (Å²) in [4.78, 5) is 10.9. The minimum atomic E-state index is -0.921. The summed E-state index contributed by atoms with van der Waals surface area (Å²) in [5.41, 5.74) is 1.34. The SMILES string of the molecule is COc1cccc(C[n+]2cccc(C(=O)O)c2)c1. The molecule has 18 heavy (non-hydrogen) atoms. The van der Waals surface area contributed by atoms with Crippen LogP contribution in [0, 0.1) is 0 Å². The van der Waals surface area contributed by atoms with Gasteiger partial charge in [-0.15, -0.1) is 0 Å². The molecule has 2 rings (SSSR count). The molecule has 1 aromatic heterocycles. The zero-order chi connectivity index (χ0) is 13.0. The van der Waals surface area contributed by atoms with Gasteiger partial charge in [0.05, 0.1) is 7.11 Å². The summed E-state index contributed by atoms with van der Waals surface area (Å²) in [6.07, 6.45) is 3.45. The van der Waals surface area contributed by atoms with E-state index in [-0.39, 0.29) is 5.56 Å². The van der Waals surface area contributed by atoms with Crippen molar-refractivity contribution in [2.24, 2.45) is 0 Å².